The van der Waals surface area contributed by atoms with E-state index in [2.05, 4.69) is 4.98 Å². The summed E-state index contributed by atoms with van der Waals surface area (Å²) in [4.78, 5) is 15.8. The predicted molar refractivity (Wildman–Crippen MR) is 59.6 cm³/mol. The highest BCUT2D eigenvalue weighted by Crippen LogP contribution is 2.16. The summed E-state index contributed by atoms with van der Waals surface area (Å²) < 4.78 is 14.5. The first-order chi connectivity index (χ1) is 7.58. The number of aryl methyl sites for hydroxylation is 1. The second kappa shape index (κ2) is 3.89. The van der Waals surface area contributed by atoms with Gasteiger partial charge in [0.1, 0.15) is 11.6 Å². The molecule has 0 aliphatic heterocycles. The normalized spacial score (nSPS) is 10.4. The molecule has 3 nitrogen and oxygen atoms in total. The molecule has 2 rings (SSSR count). The molecule has 1 aromatic heterocycles. The molecule has 0 atom stereocenters. The fraction of sp³-hybridized carbons (Fsp3) is 0.167. The van der Waals surface area contributed by atoms with E-state index in [1.54, 1.807) is 26.1 Å². The lowest BCUT2D eigenvalue weighted by Gasteiger charge is -2.05. The molecule has 0 unspecified atom stereocenters. The maximum Gasteiger partial charge on any atom is 0.253 e. The lowest BCUT2D eigenvalue weighted by molar-refractivity contribution is 0.628. The molecule has 0 aliphatic rings. The summed E-state index contributed by atoms with van der Waals surface area (Å²) in [6, 6.07) is 7.45. The van der Waals surface area contributed by atoms with Crippen LogP contribution < -0.4 is 5.56 Å². The Morgan fingerprint density at radius 1 is 1.31 bits per heavy atom. The van der Waals surface area contributed by atoms with Crippen LogP contribution in [0.3, 0.4) is 0 Å². The summed E-state index contributed by atoms with van der Waals surface area (Å²) >= 11 is 0. The summed E-state index contributed by atoms with van der Waals surface area (Å²) in [6.07, 6.45) is 0. The molecule has 82 valence electrons. The lowest BCUT2D eigenvalue weighted by Crippen LogP contribution is -2.19. The van der Waals surface area contributed by atoms with E-state index in [9.17, 15) is 9.18 Å². The van der Waals surface area contributed by atoms with E-state index in [0.717, 1.165) is 0 Å². The first-order valence-electron chi connectivity index (χ1n) is 4.88. The molecule has 1 heterocycles. The van der Waals surface area contributed by atoms with Crippen molar-refractivity contribution in [3.8, 4) is 11.3 Å². The number of halogens is 1. The van der Waals surface area contributed by atoms with Crippen LogP contribution in [0.2, 0.25) is 0 Å². The molecule has 4 heteroatoms. The molecule has 0 bridgehead atoms. The molecular weight excluding hydrogens is 207 g/mol. The zero-order valence-electron chi connectivity index (χ0n) is 9.07. The SMILES string of the molecule is Cc1nc(-c2cccc(F)c2)cc(=O)n1C. The monoisotopic (exact) mass is 218 g/mol. The molecule has 0 fully saturated rings. The molecule has 0 saturated carbocycles. The van der Waals surface area contributed by atoms with Crippen LogP contribution in [0.15, 0.2) is 35.1 Å². The summed E-state index contributed by atoms with van der Waals surface area (Å²) in [6.45, 7) is 1.74. The Morgan fingerprint density at radius 2 is 2.06 bits per heavy atom. The van der Waals surface area contributed by atoms with Gasteiger partial charge in [0.15, 0.2) is 0 Å². The Hall–Kier alpha value is -1.97. The molecule has 0 spiro atoms. The fourth-order valence-corrected chi connectivity index (χ4v) is 1.45. The third-order valence-electron chi connectivity index (χ3n) is 2.48. The first kappa shape index (κ1) is 10.5. The van der Waals surface area contributed by atoms with Crippen LogP contribution in [0.1, 0.15) is 5.82 Å². The van der Waals surface area contributed by atoms with Crippen LogP contribution in [0.4, 0.5) is 4.39 Å². The Labute approximate surface area is 92.2 Å². The Morgan fingerprint density at radius 3 is 2.69 bits per heavy atom. The molecule has 0 radical (unpaired) electrons. The van der Waals surface area contributed by atoms with Crippen LogP contribution in [-0.2, 0) is 7.05 Å². The number of rotatable bonds is 1. The van der Waals surface area contributed by atoms with Gasteiger partial charge in [-0.15, -0.1) is 0 Å². The minimum Gasteiger partial charge on any atom is -0.300 e. The van der Waals surface area contributed by atoms with E-state index in [-0.39, 0.29) is 11.4 Å². The molecule has 2 aromatic rings. The first-order valence-corrected chi connectivity index (χ1v) is 4.88. The second-order valence-corrected chi connectivity index (χ2v) is 3.60. The Bertz CT molecular complexity index is 590. The summed E-state index contributed by atoms with van der Waals surface area (Å²) in [7, 11) is 1.65. The zero-order valence-corrected chi connectivity index (χ0v) is 9.07. The van der Waals surface area contributed by atoms with Crippen molar-refractivity contribution in [3.05, 3.63) is 52.3 Å². The molecule has 16 heavy (non-hydrogen) atoms. The highest BCUT2D eigenvalue weighted by molar-refractivity contribution is 5.58. The van der Waals surface area contributed by atoms with Gasteiger partial charge in [-0.1, -0.05) is 12.1 Å². The van der Waals surface area contributed by atoms with Crippen LogP contribution >= 0.6 is 0 Å². The van der Waals surface area contributed by atoms with Gasteiger partial charge in [-0.3, -0.25) is 4.79 Å². The number of benzene rings is 1. The van der Waals surface area contributed by atoms with Crippen molar-refractivity contribution >= 4 is 0 Å². The highest BCUT2D eigenvalue weighted by Gasteiger charge is 2.04. The van der Waals surface area contributed by atoms with Crippen molar-refractivity contribution in [2.75, 3.05) is 0 Å². The predicted octanol–water partition coefficient (Wildman–Crippen LogP) is 1.89. The molecule has 0 aliphatic carbocycles. The number of nitrogens with zero attached hydrogens (tertiary/aromatic N) is 2. The standard InChI is InChI=1S/C12H11FN2O/c1-8-14-11(7-12(16)15(8)2)9-4-3-5-10(13)6-9/h3-7H,1-2H3. The molecule has 0 N–H and O–H groups in total. The third-order valence-corrected chi connectivity index (χ3v) is 2.48. The quantitative estimate of drug-likeness (QED) is 0.732. The summed E-state index contributed by atoms with van der Waals surface area (Å²) in [5.41, 5.74) is 0.965. The minimum atomic E-state index is -0.336. The molecule has 0 saturated heterocycles. The number of hydrogen-bond donors (Lipinski definition) is 0. The van der Waals surface area contributed by atoms with Gasteiger partial charge in [0.05, 0.1) is 5.69 Å². The van der Waals surface area contributed by atoms with Gasteiger partial charge in [-0.25, -0.2) is 9.37 Å². The number of aromatic nitrogens is 2. The zero-order chi connectivity index (χ0) is 11.7. The molecular formula is C12H11FN2O. The van der Waals surface area contributed by atoms with Crippen molar-refractivity contribution in [1.82, 2.24) is 9.55 Å². The van der Waals surface area contributed by atoms with Crippen LogP contribution in [0.5, 0.6) is 0 Å². The molecule has 0 amide bonds. The van der Waals surface area contributed by atoms with Crippen molar-refractivity contribution in [2.45, 2.75) is 6.92 Å². The van der Waals surface area contributed by atoms with Crippen molar-refractivity contribution < 1.29 is 4.39 Å². The average molecular weight is 218 g/mol. The summed E-state index contributed by atoms with van der Waals surface area (Å²) in [5.74, 6) is 0.268. The van der Waals surface area contributed by atoms with Crippen LogP contribution in [-0.4, -0.2) is 9.55 Å². The maximum atomic E-state index is 13.0. The van der Waals surface area contributed by atoms with E-state index in [1.165, 1.54) is 22.8 Å². The van der Waals surface area contributed by atoms with Crippen LogP contribution in [0, 0.1) is 12.7 Å². The number of hydrogen-bond acceptors (Lipinski definition) is 2. The van der Waals surface area contributed by atoms with Crippen molar-refractivity contribution in [1.29, 1.82) is 0 Å². The van der Waals surface area contributed by atoms with Crippen molar-refractivity contribution in [2.24, 2.45) is 7.05 Å². The second-order valence-electron chi connectivity index (χ2n) is 3.60. The Balaban J connectivity index is 2.61. The van der Waals surface area contributed by atoms with Gasteiger partial charge >= 0.3 is 0 Å². The Kier molecular flexibility index (Phi) is 2.56. The topological polar surface area (TPSA) is 34.9 Å². The third kappa shape index (κ3) is 1.86. The van der Waals surface area contributed by atoms with E-state index in [4.69, 9.17) is 0 Å². The van der Waals surface area contributed by atoms with Crippen LogP contribution in [0.25, 0.3) is 11.3 Å². The van der Waals surface area contributed by atoms with E-state index >= 15 is 0 Å². The van der Waals surface area contributed by atoms with Crippen molar-refractivity contribution in [3.63, 3.8) is 0 Å². The van der Waals surface area contributed by atoms with Gasteiger partial charge in [-0.2, -0.15) is 0 Å². The maximum absolute atomic E-state index is 13.0. The van der Waals surface area contributed by atoms with Gasteiger partial charge in [0.2, 0.25) is 0 Å². The smallest absolute Gasteiger partial charge is 0.253 e. The largest absolute Gasteiger partial charge is 0.300 e. The van der Waals surface area contributed by atoms with E-state index in [0.29, 0.717) is 17.1 Å². The fourth-order valence-electron chi connectivity index (χ4n) is 1.45. The summed E-state index contributed by atoms with van der Waals surface area (Å²) in [5, 5.41) is 0. The minimum absolute atomic E-state index is 0.147. The van der Waals surface area contributed by atoms with Gasteiger partial charge in [0.25, 0.3) is 5.56 Å². The average Bonchev–Trinajstić information content (AvgIpc) is 2.25. The van der Waals surface area contributed by atoms with E-state index < -0.39 is 0 Å². The van der Waals surface area contributed by atoms with Gasteiger partial charge in [0, 0.05) is 18.7 Å². The lowest BCUT2D eigenvalue weighted by atomic mass is 10.1. The van der Waals surface area contributed by atoms with Gasteiger partial charge < -0.3 is 4.57 Å². The highest BCUT2D eigenvalue weighted by atomic mass is 19.1. The van der Waals surface area contributed by atoms with Gasteiger partial charge in [-0.05, 0) is 19.1 Å². The van der Waals surface area contributed by atoms with E-state index in [1.807, 2.05) is 0 Å². The molecule has 1 aromatic carbocycles.